The number of carbonyl (C=O) groups excluding carboxylic acids is 1. The lowest BCUT2D eigenvalue weighted by Gasteiger charge is -2.10. The van der Waals surface area contributed by atoms with Gasteiger partial charge in [0.05, 0.1) is 17.0 Å². The third-order valence-corrected chi connectivity index (χ3v) is 4.26. The number of rotatable bonds is 7. The number of aryl methyl sites for hydroxylation is 1. The molecule has 0 bridgehead atoms. The third kappa shape index (κ3) is 6.01. The number of aromatic nitrogens is 1. The van der Waals surface area contributed by atoms with Crippen molar-refractivity contribution in [3.63, 3.8) is 0 Å². The maximum Gasteiger partial charge on any atom is 0.253 e. The van der Waals surface area contributed by atoms with Crippen molar-refractivity contribution in [1.29, 1.82) is 0 Å². The first-order valence-corrected chi connectivity index (χ1v) is 9.03. The summed E-state index contributed by atoms with van der Waals surface area (Å²) in [5.74, 6) is 0.0925. The molecule has 0 spiro atoms. The first-order valence-electron chi connectivity index (χ1n) is 9.03. The molecule has 3 aromatic rings. The molecule has 1 aromatic heterocycles. The van der Waals surface area contributed by atoms with Gasteiger partial charge in [-0.25, -0.2) is 4.39 Å². The average Bonchev–Trinajstić information content (AvgIpc) is 2.70. The highest BCUT2D eigenvalue weighted by Gasteiger charge is 2.11. The minimum atomic E-state index is -0.440. The Bertz CT molecular complexity index is 968. The van der Waals surface area contributed by atoms with Crippen LogP contribution in [0.25, 0.3) is 0 Å². The van der Waals surface area contributed by atoms with E-state index >= 15 is 0 Å². The van der Waals surface area contributed by atoms with E-state index in [1.807, 2.05) is 18.2 Å². The molecule has 0 aliphatic rings. The summed E-state index contributed by atoms with van der Waals surface area (Å²) in [6, 6.07) is 17.3. The lowest BCUT2D eigenvalue weighted by molar-refractivity contribution is 0.0953. The summed E-state index contributed by atoms with van der Waals surface area (Å²) in [4.78, 5) is 16.6. The van der Waals surface area contributed by atoms with Crippen molar-refractivity contribution in [2.45, 2.75) is 19.9 Å². The molecule has 2 aromatic carbocycles. The van der Waals surface area contributed by atoms with Crippen LogP contribution in [-0.2, 0) is 13.0 Å². The number of carbonyl (C=O) groups is 1. The fourth-order valence-electron chi connectivity index (χ4n) is 2.78. The number of para-hydroxylation sites is 1. The molecule has 0 aliphatic carbocycles. The van der Waals surface area contributed by atoms with Gasteiger partial charge in [-0.2, -0.15) is 0 Å². The van der Waals surface area contributed by atoms with Gasteiger partial charge in [-0.3, -0.25) is 9.78 Å². The van der Waals surface area contributed by atoms with Gasteiger partial charge in [-0.05, 0) is 55.3 Å². The molecular formula is C22H23ClFN3O2. The van der Waals surface area contributed by atoms with Crippen LogP contribution in [0.5, 0.6) is 11.5 Å². The van der Waals surface area contributed by atoms with Gasteiger partial charge in [0.1, 0.15) is 5.75 Å². The number of hydrogen-bond donors (Lipinski definition) is 2. The highest BCUT2D eigenvalue weighted by molar-refractivity contribution is 5.95. The monoisotopic (exact) mass is 415 g/mol. The Labute approximate surface area is 175 Å². The minimum absolute atomic E-state index is 0. The summed E-state index contributed by atoms with van der Waals surface area (Å²) in [5.41, 5.74) is 8.20. The SMILES string of the molecule is Cc1nc(CN)ccc1C(=O)NCCc1ccc(Oc2ccccc2)c(F)c1.Cl. The van der Waals surface area contributed by atoms with Crippen molar-refractivity contribution in [1.82, 2.24) is 10.3 Å². The summed E-state index contributed by atoms with van der Waals surface area (Å²) >= 11 is 0. The van der Waals surface area contributed by atoms with E-state index in [0.29, 0.717) is 36.5 Å². The maximum atomic E-state index is 14.3. The Morgan fingerprint density at radius 2 is 1.90 bits per heavy atom. The predicted molar refractivity (Wildman–Crippen MR) is 113 cm³/mol. The van der Waals surface area contributed by atoms with Gasteiger partial charge in [-0.15, -0.1) is 12.4 Å². The molecule has 5 nitrogen and oxygen atoms in total. The van der Waals surface area contributed by atoms with Crippen molar-refractivity contribution in [2.75, 3.05) is 6.54 Å². The second-order valence-electron chi connectivity index (χ2n) is 6.33. The Morgan fingerprint density at radius 3 is 2.55 bits per heavy atom. The molecule has 1 heterocycles. The van der Waals surface area contributed by atoms with Crippen LogP contribution in [0, 0.1) is 12.7 Å². The zero-order valence-electron chi connectivity index (χ0n) is 16.0. The van der Waals surface area contributed by atoms with Crippen LogP contribution in [0.2, 0.25) is 0 Å². The second kappa shape index (κ2) is 10.5. The number of nitrogens with zero attached hydrogens (tertiary/aromatic N) is 1. The molecule has 0 atom stereocenters. The molecule has 3 N–H and O–H groups in total. The topological polar surface area (TPSA) is 77.2 Å². The lowest BCUT2D eigenvalue weighted by atomic mass is 10.1. The van der Waals surface area contributed by atoms with Crippen LogP contribution in [-0.4, -0.2) is 17.4 Å². The van der Waals surface area contributed by atoms with Crippen molar-refractivity contribution >= 4 is 18.3 Å². The molecule has 29 heavy (non-hydrogen) atoms. The molecular weight excluding hydrogens is 393 g/mol. The maximum absolute atomic E-state index is 14.3. The van der Waals surface area contributed by atoms with Crippen LogP contribution in [0.15, 0.2) is 60.7 Å². The zero-order chi connectivity index (χ0) is 19.9. The fourth-order valence-corrected chi connectivity index (χ4v) is 2.78. The summed E-state index contributed by atoms with van der Waals surface area (Å²) in [7, 11) is 0. The number of benzene rings is 2. The number of nitrogens with two attached hydrogens (primary N) is 1. The fraction of sp³-hybridized carbons (Fsp3) is 0.182. The smallest absolute Gasteiger partial charge is 0.253 e. The Balaban J connectivity index is 0.00000300. The Hall–Kier alpha value is -2.96. The van der Waals surface area contributed by atoms with Crippen molar-refractivity contribution < 1.29 is 13.9 Å². The average molecular weight is 416 g/mol. The van der Waals surface area contributed by atoms with Crippen molar-refractivity contribution in [2.24, 2.45) is 5.73 Å². The molecule has 0 saturated heterocycles. The van der Waals surface area contributed by atoms with Gasteiger partial charge in [0.15, 0.2) is 11.6 Å². The van der Waals surface area contributed by atoms with Crippen LogP contribution < -0.4 is 15.8 Å². The summed E-state index contributed by atoms with van der Waals surface area (Å²) in [5, 5.41) is 2.84. The molecule has 0 aliphatic heterocycles. The highest BCUT2D eigenvalue weighted by Crippen LogP contribution is 2.25. The van der Waals surface area contributed by atoms with Gasteiger partial charge in [0.25, 0.3) is 5.91 Å². The summed E-state index contributed by atoms with van der Waals surface area (Å²) < 4.78 is 19.8. The van der Waals surface area contributed by atoms with E-state index in [-0.39, 0.29) is 24.1 Å². The predicted octanol–water partition coefficient (Wildman–Crippen LogP) is 4.17. The number of amides is 1. The van der Waals surface area contributed by atoms with Gasteiger partial charge in [-0.1, -0.05) is 24.3 Å². The standard InChI is InChI=1S/C22H22FN3O2.ClH/c1-15-19(9-8-17(14-24)26-15)22(27)25-12-11-16-7-10-21(20(23)13-16)28-18-5-3-2-4-6-18;/h2-10,13H,11-12,14,24H2,1H3,(H,25,27);1H. The van der Waals surface area contributed by atoms with Crippen LogP contribution >= 0.6 is 12.4 Å². The highest BCUT2D eigenvalue weighted by atomic mass is 35.5. The number of hydrogen-bond acceptors (Lipinski definition) is 4. The Kier molecular flexibility index (Phi) is 8.12. The second-order valence-corrected chi connectivity index (χ2v) is 6.33. The normalized spacial score (nSPS) is 10.2. The Morgan fingerprint density at radius 1 is 1.14 bits per heavy atom. The number of nitrogens with one attached hydrogen (secondary N) is 1. The lowest BCUT2D eigenvalue weighted by Crippen LogP contribution is -2.26. The van der Waals surface area contributed by atoms with Crippen molar-refractivity contribution in [3.8, 4) is 11.5 Å². The van der Waals surface area contributed by atoms with Crippen LogP contribution in [0.3, 0.4) is 0 Å². The minimum Gasteiger partial charge on any atom is -0.454 e. The molecule has 3 rings (SSSR count). The zero-order valence-corrected chi connectivity index (χ0v) is 16.8. The molecule has 0 radical (unpaired) electrons. The quantitative estimate of drug-likeness (QED) is 0.607. The van der Waals surface area contributed by atoms with Gasteiger partial charge >= 0.3 is 0 Å². The number of halogens is 2. The van der Waals surface area contributed by atoms with Crippen LogP contribution in [0.1, 0.15) is 27.3 Å². The molecule has 0 fully saturated rings. The molecule has 152 valence electrons. The van der Waals surface area contributed by atoms with Gasteiger partial charge in [0.2, 0.25) is 0 Å². The van der Waals surface area contributed by atoms with E-state index in [0.717, 1.165) is 11.3 Å². The molecule has 1 amide bonds. The van der Waals surface area contributed by atoms with E-state index in [4.69, 9.17) is 10.5 Å². The summed E-state index contributed by atoms with van der Waals surface area (Å²) in [6.07, 6.45) is 0.502. The molecule has 0 unspecified atom stereocenters. The first kappa shape index (κ1) is 22.3. The van der Waals surface area contributed by atoms with E-state index < -0.39 is 5.82 Å². The van der Waals surface area contributed by atoms with E-state index in [9.17, 15) is 9.18 Å². The van der Waals surface area contributed by atoms with Crippen molar-refractivity contribution in [3.05, 3.63) is 89.0 Å². The first-order chi connectivity index (χ1) is 13.6. The van der Waals surface area contributed by atoms with E-state index in [2.05, 4.69) is 10.3 Å². The molecule has 0 saturated carbocycles. The van der Waals surface area contributed by atoms with Gasteiger partial charge in [0, 0.05) is 13.1 Å². The number of ether oxygens (including phenoxy) is 1. The number of pyridine rings is 1. The third-order valence-electron chi connectivity index (χ3n) is 4.26. The molecule has 7 heteroatoms. The van der Waals surface area contributed by atoms with E-state index in [1.165, 1.54) is 6.07 Å². The summed E-state index contributed by atoms with van der Waals surface area (Å²) in [6.45, 7) is 2.49. The largest absolute Gasteiger partial charge is 0.454 e. The van der Waals surface area contributed by atoms with Crippen LogP contribution in [0.4, 0.5) is 4.39 Å². The van der Waals surface area contributed by atoms with E-state index in [1.54, 1.807) is 43.3 Å². The van der Waals surface area contributed by atoms with Gasteiger partial charge < -0.3 is 15.8 Å².